The topological polar surface area (TPSA) is 53.0 Å². The van der Waals surface area contributed by atoms with Crippen molar-refractivity contribution < 1.29 is 0 Å². The van der Waals surface area contributed by atoms with Crippen LogP contribution in [0.15, 0.2) is 0 Å². The van der Waals surface area contributed by atoms with Crippen LogP contribution < -0.4 is 5.73 Å². The summed E-state index contributed by atoms with van der Waals surface area (Å²) in [5, 5.41) is 8.46. The molecule has 1 aliphatic heterocycles. The molecule has 0 aromatic carbocycles. The van der Waals surface area contributed by atoms with Crippen LogP contribution in [0.25, 0.3) is 0 Å². The van der Waals surface area contributed by atoms with Crippen LogP contribution in [-0.4, -0.2) is 30.6 Å². The average Bonchev–Trinajstić information content (AvgIpc) is 2.70. The van der Waals surface area contributed by atoms with E-state index in [0.717, 1.165) is 24.8 Å². The molecular formula is C11H19N3. The SMILES string of the molecule is N#CCCCN1CC2CCC(N)C2C1. The van der Waals surface area contributed by atoms with E-state index in [1.165, 1.54) is 25.9 Å². The lowest BCUT2D eigenvalue weighted by Gasteiger charge is -2.17. The van der Waals surface area contributed by atoms with Gasteiger partial charge in [-0.1, -0.05) is 0 Å². The number of nitriles is 1. The predicted octanol–water partition coefficient (Wildman–Crippen LogP) is 0.959. The lowest BCUT2D eigenvalue weighted by Crippen LogP contribution is -2.30. The molecule has 2 aliphatic rings. The molecule has 0 amide bonds. The first kappa shape index (κ1) is 9.95. The summed E-state index contributed by atoms with van der Waals surface area (Å²) in [6, 6.07) is 2.64. The van der Waals surface area contributed by atoms with Crippen LogP contribution in [0, 0.1) is 23.2 Å². The van der Waals surface area contributed by atoms with Gasteiger partial charge < -0.3 is 10.6 Å². The van der Waals surface area contributed by atoms with Crippen molar-refractivity contribution in [2.24, 2.45) is 17.6 Å². The molecule has 1 saturated heterocycles. The third-order valence-electron chi connectivity index (χ3n) is 3.75. The zero-order chi connectivity index (χ0) is 9.97. The van der Waals surface area contributed by atoms with Crippen molar-refractivity contribution in [3.05, 3.63) is 0 Å². The van der Waals surface area contributed by atoms with Gasteiger partial charge >= 0.3 is 0 Å². The van der Waals surface area contributed by atoms with Crippen molar-refractivity contribution in [1.82, 2.24) is 4.90 Å². The Kier molecular flexibility index (Phi) is 3.05. The van der Waals surface area contributed by atoms with Gasteiger partial charge in [0.1, 0.15) is 0 Å². The van der Waals surface area contributed by atoms with E-state index in [-0.39, 0.29) is 0 Å². The first-order valence-electron chi connectivity index (χ1n) is 5.66. The molecule has 0 radical (unpaired) electrons. The number of fused-ring (bicyclic) bond motifs is 1. The highest BCUT2D eigenvalue weighted by atomic mass is 15.2. The number of rotatable bonds is 3. The molecule has 1 saturated carbocycles. The summed E-state index contributed by atoms with van der Waals surface area (Å²) in [5.74, 6) is 1.60. The summed E-state index contributed by atoms with van der Waals surface area (Å²) in [5.41, 5.74) is 6.06. The van der Waals surface area contributed by atoms with Gasteiger partial charge in [0.15, 0.2) is 0 Å². The first-order chi connectivity index (χ1) is 6.81. The fourth-order valence-corrected chi connectivity index (χ4v) is 2.96. The van der Waals surface area contributed by atoms with E-state index in [2.05, 4.69) is 11.0 Å². The molecule has 3 atom stereocenters. The molecule has 3 nitrogen and oxygen atoms in total. The summed E-state index contributed by atoms with van der Waals surface area (Å²) < 4.78 is 0. The fraction of sp³-hybridized carbons (Fsp3) is 0.909. The monoisotopic (exact) mass is 193 g/mol. The van der Waals surface area contributed by atoms with Crippen LogP contribution in [0.5, 0.6) is 0 Å². The quantitative estimate of drug-likeness (QED) is 0.679. The normalized spacial score (nSPS) is 37.0. The molecular weight excluding hydrogens is 174 g/mol. The largest absolute Gasteiger partial charge is 0.327 e. The van der Waals surface area contributed by atoms with Gasteiger partial charge in [0.25, 0.3) is 0 Å². The Morgan fingerprint density at radius 1 is 1.36 bits per heavy atom. The highest BCUT2D eigenvalue weighted by molar-refractivity contribution is 4.95. The maximum atomic E-state index is 8.46. The summed E-state index contributed by atoms with van der Waals surface area (Å²) in [4.78, 5) is 2.49. The van der Waals surface area contributed by atoms with Gasteiger partial charge in [0, 0.05) is 25.6 Å². The summed E-state index contributed by atoms with van der Waals surface area (Å²) in [6.07, 6.45) is 4.25. The van der Waals surface area contributed by atoms with Crippen molar-refractivity contribution >= 4 is 0 Å². The smallest absolute Gasteiger partial charge is 0.0622 e. The van der Waals surface area contributed by atoms with Crippen molar-refractivity contribution in [2.45, 2.75) is 31.7 Å². The van der Waals surface area contributed by atoms with Gasteiger partial charge in [-0.3, -0.25) is 0 Å². The molecule has 1 heterocycles. The molecule has 2 N–H and O–H groups in total. The minimum atomic E-state index is 0.445. The van der Waals surface area contributed by atoms with E-state index in [4.69, 9.17) is 11.0 Å². The Bertz CT molecular complexity index is 233. The molecule has 0 bridgehead atoms. The van der Waals surface area contributed by atoms with Gasteiger partial charge in [0.05, 0.1) is 6.07 Å². The minimum absolute atomic E-state index is 0.445. The third-order valence-corrected chi connectivity index (χ3v) is 3.75. The molecule has 0 aromatic rings. The van der Waals surface area contributed by atoms with Crippen molar-refractivity contribution in [3.8, 4) is 6.07 Å². The van der Waals surface area contributed by atoms with E-state index in [0.29, 0.717) is 12.5 Å². The number of unbranched alkanes of at least 4 members (excludes halogenated alkanes) is 1. The van der Waals surface area contributed by atoms with Crippen molar-refractivity contribution in [3.63, 3.8) is 0 Å². The van der Waals surface area contributed by atoms with Crippen LogP contribution in [0.4, 0.5) is 0 Å². The Hall–Kier alpha value is -0.590. The average molecular weight is 193 g/mol. The van der Waals surface area contributed by atoms with Crippen LogP contribution in [0.2, 0.25) is 0 Å². The van der Waals surface area contributed by atoms with Gasteiger partial charge in [-0.05, 0) is 37.6 Å². The Morgan fingerprint density at radius 2 is 2.21 bits per heavy atom. The zero-order valence-corrected chi connectivity index (χ0v) is 8.65. The summed E-state index contributed by atoms with van der Waals surface area (Å²) in [7, 11) is 0. The molecule has 3 heteroatoms. The van der Waals surface area contributed by atoms with Gasteiger partial charge in [-0.25, -0.2) is 0 Å². The van der Waals surface area contributed by atoms with Gasteiger partial charge in [0.2, 0.25) is 0 Å². The number of likely N-dealkylation sites (tertiary alicyclic amines) is 1. The standard InChI is InChI=1S/C11H19N3/c12-5-1-2-6-14-7-9-3-4-11(13)10(9)8-14/h9-11H,1-4,6-8,13H2. The van der Waals surface area contributed by atoms with E-state index >= 15 is 0 Å². The second-order valence-electron chi connectivity index (χ2n) is 4.69. The van der Waals surface area contributed by atoms with E-state index in [9.17, 15) is 0 Å². The maximum Gasteiger partial charge on any atom is 0.0622 e. The molecule has 2 fully saturated rings. The predicted molar refractivity (Wildman–Crippen MR) is 55.5 cm³/mol. The Morgan fingerprint density at radius 3 is 2.93 bits per heavy atom. The molecule has 0 aromatic heterocycles. The fourth-order valence-electron chi connectivity index (χ4n) is 2.96. The molecule has 78 valence electrons. The number of hydrogen-bond donors (Lipinski definition) is 1. The summed E-state index contributed by atoms with van der Waals surface area (Å²) >= 11 is 0. The highest BCUT2D eigenvalue weighted by Crippen LogP contribution is 2.36. The van der Waals surface area contributed by atoms with Crippen LogP contribution >= 0.6 is 0 Å². The van der Waals surface area contributed by atoms with Gasteiger partial charge in [-0.2, -0.15) is 5.26 Å². The van der Waals surface area contributed by atoms with E-state index in [1.54, 1.807) is 0 Å². The number of nitrogens with two attached hydrogens (primary N) is 1. The molecule has 1 aliphatic carbocycles. The minimum Gasteiger partial charge on any atom is -0.327 e. The van der Waals surface area contributed by atoms with Crippen LogP contribution in [-0.2, 0) is 0 Å². The maximum absolute atomic E-state index is 8.46. The Balaban J connectivity index is 1.76. The van der Waals surface area contributed by atoms with Crippen LogP contribution in [0.3, 0.4) is 0 Å². The Labute approximate surface area is 85.9 Å². The molecule has 3 unspecified atom stereocenters. The molecule has 0 spiro atoms. The second-order valence-corrected chi connectivity index (χ2v) is 4.69. The highest BCUT2D eigenvalue weighted by Gasteiger charge is 2.40. The van der Waals surface area contributed by atoms with Crippen molar-refractivity contribution in [1.29, 1.82) is 5.26 Å². The molecule has 2 rings (SSSR count). The third kappa shape index (κ3) is 1.92. The number of nitrogens with zero attached hydrogens (tertiary/aromatic N) is 2. The lowest BCUT2D eigenvalue weighted by molar-refractivity contribution is 0.303. The molecule has 14 heavy (non-hydrogen) atoms. The first-order valence-corrected chi connectivity index (χ1v) is 5.66. The van der Waals surface area contributed by atoms with Crippen molar-refractivity contribution in [2.75, 3.05) is 19.6 Å². The zero-order valence-electron chi connectivity index (χ0n) is 8.65. The second kappa shape index (κ2) is 4.29. The lowest BCUT2D eigenvalue weighted by atomic mass is 9.98. The van der Waals surface area contributed by atoms with Crippen LogP contribution in [0.1, 0.15) is 25.7 Å². The van der Waals surface area contributed by atoms with Gasteiger partial charge in [-0.15, -0.1) is 0 Å². The number of hydrogen-bond acceptors (Lipinski definition) is 3. The van der Waals surface area contributed by atoms with E-state index < -0.39 is 0 Å². The van der Waals surface area contributed by atoms with E-state index in [1.807, 2.05) is 0 Å². The summed E-state index contributed by atoms with van der Waals surface area (Å²) in [6.45, 7) is 3.49.